The molecule has 4 nitrogen and oxygen atoms in total. The van der Waals surface area contributed by atoms with E-state index < -0.39 is 6.10 Å². The summed E-state index contributed by atoms with van der Waals surface area (Å²) < 4.78 is 5.88. The monoisotopic (exact) mass is 397 g/mol. The van der Waals surface area contributed by atoms with Crippen LogP contribution in [0.4, 0.5) is 0 Å². The molecule has 0 bridgehead atoms. The quantitative estimate of drug-likeness (QED) is 0.593. The molecule has 1 saturated carbocycles. The van der Waals surface area contributed by atoms with E-state index in [0.29, 0.717) is 12.5 Å². The topological polar surface area (TPSA) is 49.8 Å². The molecular weight excluding hydrogens is 362 g/mol. The summed E-state index contributed by atoms with van der Waals surface area (Å²) in [4.78, 5) is 14.9. The normalized spacial score (nSPS) is 36.1. The third-order valence-corrected chi connectivity index (χ3v) is 7.86. The summed E-state index contributed by atoms with van der Waals surface area (Å²) in [6.07, 6.45) is 6.51. The number of carbonyl (C=O) groups excluding carboxylic acids is 1. The van der Waals surface area contributed by atoms with Crippen LogP contribution in [0.2, 0.25) is 0 Å². The minimum absolute atomic E-state index is 0.00861. The van der Waals surface area contributed by atoms with E-state index in [1.165, 1.54) is 19.3 Å². The Morgan fingerprint density at radius 3 is 2.76 bits per heavy atom. The van der Waals surface area contributed by atoms with Crippen molar-refractivity contribution in [3.8, 4) is 0 Å². The minimum atomic E-state index is -0.583. The van der Waals surface area contributed by atoms with Crippen LogP contribution in [0, 0.1) is 23.2 Å². The highest BCUT2D eigenvalue weighted by molar-refractivity contribution is 5.76. The highest BCUT2D eigenvalue weighted by atomic mass is 16.6. The Labute approximate surface area is 174 Å². The molecule has 1 heterocycles. The predicted molar refractivity (Wildman–Crippen MR) is 114 cm³/mol. The van der Waals surface area contributed by atoms with Gasteiger partial charge >= 0.3 is 5.97 Å². The molecule has 0 radical (unpaired) electrons. The summed E-state index contributed by atoms with van der Waals surface area (Å²) in [6, 6.07) is 9.66. The molecule has 1 aromatic carbocycles. The van der Waals surface area contributed by atoms with Crippen LogP contribution in [0.5, 0.6) is 0 Å². The van der Waals surface area contributed by atoms with Crippen molar-refractivity contribution in [1.82, 2.24) is 4.90 Å². The first-order valence-corrected chi connectivity index (χ1v) is 11.2. The molecule has 0 aromatic heterocycles. The number of esters is 1. The van der Waals surface area contributed by atoms with Crippen LogP contribution in [0.15, 0.2) is 42.0 Å². The van der Waals surface area contributed by atoms with Crippen molar-refractivity contribution in [2.75, 3.05) is 13.6 Å². The average Bonchev–Trinajstić information content (AvgIpc) is 2.99. The maximum absolute atomic E-state index is 12.8. The average molecular weight is 398 g/mol. The summed E-state index contributed by atoms with van der Waals surface area (Å²) in [5, 5.41) is 10.8. The van der Waals surface area contributed by atoms with E-state index in [4.69, 9.17) is 4.74 Å². The molecule has 2 fully saturated rings. The van der Waals surface area contributed by atoms with Crippen LogP contribution < -0.4 is 0 Å². The van der Waals surface area contributed by atoms with E-state index in [9.17, 15) is 9.90 Å². The van der Waals surface area contributed by atoms with Gasteiger partial charge in [0.05, 0.1) is 12.0 Å². The largest absolute Gasteiger partial charge is 0.461 e. The number of hydrogen-bond acceptors (Lipinski definition) is 4. The Morgan fingerprint density at radius 2 is 2.03 bits per heavy atom. The van der Waals surface area contributed by atoms with E-state index in [2.05, 4.69) is 24.8 Å². The molecule has 1 aromatic rings. The minimum Gasteiger partial charge on any atom is -0.461 e. The van der Waals surface area contributed by atoms with Crippen molar-refractivity contribution >= 4 is 5.97 Å². The van der Waals surface area contributed by atoms with Gasteiger partial charge in [-0.2, -0.15) is 0 Å². The molecule has 0 spiro atoms. The van der Waals surface area contributed by atoms with Gasteiger partial charge in [0.25, 0.3) is 0 Å². The van der Waals surface area contributed by atoms with E-state index in [-0.39, 0.29) is 35.4 Å². The number of nitrogens with zero attached hydrogens (tertiary/aromatic N) is 1. The lowest BCUT2D eigenvalue weighted by atomic mass is 9.59. The van der Waals surface area contributed by atoms with Crippen molar-refractivity contribution in [1.29, 1.82) is 0 Å². The number of rotatable bonds is 5. The lowest BCUT2D eigenvalue weighted by Crippen LogP contribution is -2.42. The zero-order chi connectivity index (χ0) is 20.8. The van der Waals surface area contributed by atoms with Gasteiger partial charge in [-0.3, -0.25) is 9.69 Å². The van der Waals surface area contributed by atoms with Crippen molar-refractivity contribution in [2.24, 2.45) is 23.2 Å². The highest BCUT2D eigenvalue weighted by Crippen LogP contribution is 2.54. The summed E-state index contributed by atoms with van der Waals surface area (Å²) >= 11 is 0. The molecule has 0 amide bonds. The molecule has 3 aliphatic rings. The van der Waals surface area contributed by atoms with Crippen LogP contribution in [-0.4, -0.2) is 41.7 Å². The van der Waals surface area contributed by atoms with Crippen LogP contribution in [0.3, 0.4) is 0 Å². The van der Waals surface area contributed by atoms with Gasteiger partial charge in [-0.25, -0.2) is 0 Å². The highest BCUT2D eigenvalue weighted by Gasteiger charge is 2.52. The molecule has 4 heteroatoms. The second-order valence-electron chi connectivity index (χ2n) is 9.87. The van der Waals surface area contributed by atoms with E-state index >= 15 is 0 Å². The third-order valence-electron chi connectivity index (χ3n) is 7.86. The number of aliphatic hydroxyl groups is 1. The van der Waals surface area contributed by atoms with Crippen molar-refractivity contribution in [3.63, 3.8) is 0 Å². The van der Waals surface area contributed by atoms with Crippen LogP contribution in [-0.2, 0) is 9.53 Å². The summed E-state index contributed by atoms with van der Waals surface area (Å²) in [5.74, 6) is 0.541. The van der Waals surface area contributed by atoms with Crippen molar-refractivity contribution in [3.05, 3.63) is 47.5 Å². The Hall–Kier alpha value is -1.65. The summed E-state index contributed by atoms with van der Waals surface area (Å²) in [7, 11) is 2.00. The van der Waals surface area contributed by atoms with Gasteiger partial charge in [0, 0.05) is 18.5 Å². The fraction of sp³-hybridized carbons (Fsp3) is 0.640. The standard InChI is InChI=1S/C25H35NO3/c1-16-9-8-12-25(3)14-22-19(13-21(16)25)20(24(28)29-22)15-26(4)17(2)23(27)18-10-6-5-7-11-18/h5-7,10-11,13,16-17,19-20,22-23,27H,8-9,12,14-15H2,1-4H3/t16-,17-,19+,20-,22+,23+,25+/m0/s1. The van der Waals surface area contributed by atoms with E-state index in [0.717, 1.165) is 12.0 Å². The lowest BCUT2D eigenvalue weighted by Gasteiger charge is -2.46. The van der Waals surface area contributed by atoms with Crippen molar-refractivity contribution < 1.29 is 14.6 Å². The lowest BCUT2D eigenvalue weighted by molar-refractivity contribution is -0.145. The molecule has 1 saturated heterocycles. The number of likely N-dealkylation sites (N-methyl/N-ethyl adjacent to an activating group) is 1. The number of fused-ring (bicyclic) bond motifs is 2. The number of hydrogen-bond donors (Lipinski definition) is 1. The van der Waals surface area contributed by atoms with Gasteiger partial charge in [0.1, 0.15) is 6.10 Å². The number of benzene rings is 1. The van der Waals surface area contributed by atoms with Gasteiger partial charge in [-0.1, -0.05) is 62.2 Å². The molecule has 1 aliphatic heterocycles. The van der Waals surface area contributed by atoms with Crippen LogP contribution in [0.1, 0.15) is 58.1 Å². The zero-order valence-electron chi connectivity index (χ0n) is 18.2. The SMILES string of the molecule is C[C@H]1CCC[C@]2(C)C[C@H]3OC(=O)[C@@H](CN(C)[C@@H](C)[C@@H](O)c4ccccc4)[C@H]3C=C12. The second kappa shape index (κ2) is 7.88. The first kappa shape index (κ1) is 20.6. The molecule has 0 unspecified atom stereocenters. The number of ether oxygens (including phenoxy) is 1. The maximum atomic E-state index is 12.8. The molecule has 4 rings (SSSR count). The predicted octanol–water partition coefficient (Wildman–Crippen LogP) is 4.35. The fourth-order valence-corrected chi connectivity index (χ4v) is 5.91. The van der Waals surface area contributed by atoms with Crippen LogP contribution in [0.25, 0.3) is 0 Å². The molecular formula is C25H35NO3. The molecule has 29 heavy (non-hydrogen) atoms. The van der Waals surface area contributed by atoms with Gasteiger partial charge in [-0.15, -0.1) is 0 Å². The Kier molecular flexibility index (Phi) is 5.60. The third kappa shape index (κ3) is 3.77. The Morgan fingerprint density at radius 1 is 1.31 bits per heavy atom. The number of carbonyl (C=O) groups is 1. The summed E-state index contributed by atoms with van der Waals surface area (Å²) in [6.45, 7) is 7.33. The van der Waals surface area contributed by atoms with Crippen molar-refractivity contribution in [2.45, 2.75) is 64.7 Å². The van der Waals surface area contributed by atoms with Gasteiger partial charge in [0.15, 0.2) is 0 Å². The van der Waals surface area contributed by atoms with E-state index in [1.54, 1.807) is 5.57 Å². The zero-order valence-corrected chi connectivity index (χ0v) is 18.2. The van der Waals surface area contributed by atoms with Crippen LogP contribution >= 0.6 is 0 Å². The maximum Gasteiger partial charge on any atom is 0.311 e. The smallest absolute Gasteiger partial charge is 0.311 e. The number of aliphatic hydroxyl groups excluding tert-OH is 1. The molecule has 2 aliphatic carbocycles. The Balaban J connectivity index is 1.50. The second-order valence-corrected chi connectivity index (χ2v) is 9.87. The molecule has 158 valence electrons. The fourth-order valence-electron chi connectivity index (χ4n) is 5.91. The summed E-state index contributed by atoms with van der Waals surface area (Å²) in [5.41, 5.74) is 2.65. The first-order valence-electron chi connectivity index (χ1n) is 11.2. The molecule has 7 atom stereocenters. The molecule has 1 N–H and O–H groups in total. The van der Waals surface area contributed by atoms with Gasteiger partial charge in [-0.05, 0) is 50.1 Å². The van der Waals surface area contributed by atoms with Gasteiger partial charge < -0.3 is 9.84 Å². The number of allylic oxidation sites excluding steroid dienone is 1. The Bertz CT molecular complexity index is 776. The van der Waals surface area contributed by atoms with E-state index in [1.807, 2.05) is 44.3 Å². The first-order chi connectivity index (χ1) is 13.8. The van der Waals surface area contributed by atoms with Gasteiger partial charge in [0.2, 0.25) is 0 Å².